The Morgan fingerprint density at radius 2 is 1.62 bits per heavy atom. The molecule has 2 aromatic carbocycles. The third-order valence-corrected chi connectivity index (χ3v) is 6.62. The zero-order chi connectivity index (χ0) is 22.5. The van der Waals surface area contributed by atoms with Crippen molar-refractivity contribution in [1.82, 2.24) is 10.2 Å². The Morgan fingerprint density at radius 3 is 2.34 bits per heavy atom. The third kappa shape index (κ3) is 5.30. The number of carbonyl (C=O) groups excluding carboxylic acids is 3. The number of rotatable bonds is 5. The van der Waals surface area contributed by atoms with E-state index in [-0.39, 0.29) is 23.6 Å². The normalized spacial score (nSPS) is 18.9. The Balaban J connectivity index is 1.35. The smallest absolute Gasteiger partial charge is 0.257 e. The summed E-state index contributed by atoms with van der Waals surface area (Å²) in [5, 5.41) is 6.35. The van der Waals surface area contributed by atoms with E-state index in [1.165, 1.54) is 12.8 Å². The van der Waals surface area contributed by atoms with E-state index in [1.807, 2.05) is 0 Å². The predicted octanol–water partition coefficient (Wildman–Crippen LogP) is 4.50. The number of piperidine rings is 1. The first-order chi connectivity index (χ1) is 15.5. The van der Waals surface area contributed by atoms with Crippen LogP contribution in [-0.2, 0) is 4.79 Å². The Morgan fingerprint density at radius 1 is 0.906 bits per heavy atom. The number of hydrogen-bond acceptors (Lipinski definition) is 3. The van der Waals surface area contributed by atoms with Crippen molar-refractivity contribution >= 4 is 35.0 Å². The lowest BCUT2D eigenvalue weighted by Gasteiger charge is -2.32. The van der Waals surface area contributed by atoms with E-state index in [9.17, 15) is 14.4 Å². The highest BCUT2D eigenvalue weighted by Crippen LogP contribution is 2.23. The van der Waals surface area contributed by atoms with E-state index in [0.717, 1.165) is 25.7 Å². The summed E-state index contributed by atoms with van der Waals surface area (Å²) in [7, 11) is 0. The molecule has 1 atom stereocenters. The first kappa shape index (κ1) is 22.3. The minimum Gasteiger partial charge on any atom is -0.353 e. The minimum atomic E-state index is -0.304. The van der Waals surface area contributed by atoms with Crippen molar-refractivity contribution in [2.75, 3.05) is 18.4 Å². The number of nitrogens with one attached hydrogen (secondary N) is 2. The molecule has 0 spiro atoms. The van der Waals surface area contributed by atoms with Gasteiger partial charge in [-0.2, -0.15) is 0 Å². The van der Waals surface area contributed by atoms with Gasteiger partial charge in [-0.15, -0.1) is 0 Å². The average Bonchev–Trinajstić information content (AvgIpc) is 3.32. The Hall–Kier alpha value is -2.86. The quantitative estimate of drug-likeness (QED) is 0.699. The second-order valence-corrected chi connectivity index (χ2v) is 9.00. The Labute approximate surface area is 193 Å². The van der Waals surface area contributed by atoms with Crippen LogP contribution in [0.1, 0.15) is 59.2 Å². The molecule has 0 bridgehead atoms. The number of halogens is 1. The molecule has 0 radical (unpaired) electrons. The second-order valence-electron chi connectivity index (χ2n) is 8.59. The van der Waals surface area contributed by atoms with Gasteiger partial charge in [0.25, 0.3) is 11.8 Å². The van der Waals surface area contributed by atoms with Gasteiger partial charge < -0.3 is 15.5 Å². The molecule has 6 nitrogen and oxygen atoms in total. The molecule has 7 heteroatoms. The number of amides is 3. The first-order valence-electron chi connectivity index (χ1n) is 11.3. The van der Waals surface area contributed by atoms with E-state index in [0.29, 0.717) is 41.0 Å². The number of benzene rings is 2. The van der Waals surface area contributed by atoms with Gasteiger partial charge >= 0.3 is 0 Å². The van der Waals surface area contributed by atoms with Gasteiger partial charge in [0.2, 0.25) is 5.91 Å². The van der Waals surface area contributed by atoms with E-state index in [1.54, 1.807) is 53.4 Å². The lowest BCUT2D eigenvalue weighted by molar-refractivity contribution is -0.127. The van der Waals surface area contributed by atoms with Crippen LogP contribution in [0.2, 0.25) is 5.02 Å². The number of hydrogen-bond donors (Lipinski definition) is 2. The number of nitrogens with zero attached hydrogens (tertiary/aromatic N) is 1. The fourth-order valence-electron chi connectivity index (χ4n) is 4.49. The van der Waals surface area contributed by atoms with Crippen molar-refractivity contribution in [2.24, 2.45) is 5.92 Å². The van der Waals surface area contributed by atoms with Gasteiger partial charge in [0.15, 0.2) is 0 Å². The summed E-state index contributed by atoms with van der Waals surface area (Å²) in [5.41, 5.74) is 1.51. The molecule has 1 aliphatic carbocycles. The van der Waals surface area contributed by atoms with Crippen molar-refractivity contribution in [3.05, 3.63) is 64.7 Å². The molecule has 2 aromatic rings. The lowest BCUT2D eigenvalue weighted by atomic mass is 9.96. The highest BCUT2D eigenvalue weighted by molar-refractivity contribution is 6.34. The van der Waals surface area contributed by atoms with Gasteiger partial charge in [-0.3, -0.25) is 14.4 Å². The van der Waals surface area contributed by atoms with Crippen LogP contribution >= 0.6 is 11.6 Å². The molecule has 2 aliphatic rings. The van der Waals surface area contributed by atoms with Crippen molar-refractivity contribution in [1.29, 1.82) is 0 Å². The average molecular weight is 454 g/mol. The summed E-state index contributed by atoms with van der Waals surface area (Å²) in [6.07, 6.45) is 6.10. The van der Waals surface area contributed by atoms with Crippen LogP contribution in [0.25, 0.3) is 0 Å². The standard InChI is InChI=1S/C25H28ClN3O3/c26-22-10-4-3-9-21(22)24(31)28-20-13-11-17(12-14-20)25(32)29-15-5-6-18(16-29)23(30)27-19-7-1-2-8-19/h3-4,9-14,18-19H,1-2,5-8,15-16H2,(H,27,30)(H,28,31). The fourth-order valence-corrected chi connectivity index (χ4v) is 4.71. The SMILES string of the molecule is O=C(Nc1ccc(C(=O)N2CCCC(C(=O)NC3CCCC3)C2)cc1)c1ccccc1Cl. The Bertz CT molecular complexity index is 986. The summed E-state index contributed by atoms with van der Waals surface area (Å²) in [6.45, 7) is 1.10. The largest absolute Gasteiger partial charge is 0.353 e. The summed E-state index contributed by atoms with van der Waals surface area (Å²) in [4.78, 5) is 39.8. The number of likely N-dealkylation sites (tertiary alicyclic amines) is 1. The van der Waals surface area contributed by atoms with Crippen LogP contribution < -0.4 is 10.6 Å². The maximum Gasteiger partial charge on any atom is 0.257 e. The summed E-state index contributed by atoms with van der Waals surface area (Å²) in [5.74, 6) is -0.469. The van der Waals surface area contributed by atoms with E-state index in [4.69, 9.17) is 11.6 Å². The van der Waals surface area contributed by atoms with Gasteiger partial charge in [-0.1, -0.05) is 36.6 Å². The highest BCUT2D eigenvalue weighted by Gasteiger charge is 2.30. The molecular weight excluding hydrogens is 426 g/mol. The molecule has 1 saturated carbocycles. The van der Waals surface area contributed by atoms with Gasteiger partial charge in [0, 0.05) is 30.4 Å². The molecule has 1 unspecified atom stereocenters. The van der Waals surface area contributed by atoms with Crippen LogP contribution in [0.3, 0.4) is 0 Å². The van der Waals surface area contributed by atoms with Gasteiger partial charge in [0.05, 0.1) is 16.5 Å². The molecule has 0 aromatic heterocycles. The van der Waals surface area contributed by atoms with Crippen LogP contribution in [0, 0.1) is 5.92 Å². The van der Waals surface area contributed by atoms with Crippen LogP contribution in [-0.4, -0.2) is 41.8 Å². The highest BCUT2D eigenvalue weighted by atomic mass is 35.5. The topological polar surface area (TPSA) is 78.5 Å². The zero-order valence-corrected chi connectivity index (χ0v) is 18.7. The van der Waals surface area contributed by atoms with Crippen molar-refractivity contribution in [3.8, 4) is 0 Å². The summed E-state index contributed by atoms with van der Waals surface area (Å²) < 4.78 is 0. The zero-order valence-electron chi connectivity index (χ0n) is 18.0. The molecule has 32 heavy (non-hydrogen) atoms. The monoisotopic (exact) mass is 453 g/mol. The molecule has 2 N–H and O–H groups in total. The van der Waals surface area contributed by atoms with Crippen LogP contribution in [0.4, 0.5) is 5.69 Å². The van der Waals surface area contributed by atoms with E-state index < -0.39 is 0 Å². The Kier molecular flexibility index (Phi) is 7.10. The van der Waals surface area contributed by atoms with E-state index >= 15 is 0 Å². The molecule has 1 heterocycles. The van der Waals surface area contributed by atoms with Crippen molar-refractivity contribution < 1.29 is 14.4 Å². The molecule has 1 aliphatic heterocycles. The van der Waals surface area contributed by atoms with Crippen molar-refractivity contribution in [3.63, 3.8) is 0 Å². The molecule has 168 valence electrons. The molecule has 3 amide bonds. The van der Waals surface area contributed by atoms with Crippen LogP contribution in [0.5, 0.6) is 0 Å². The van der Waals surface area contributed by atoms with E-state index in [2.05, 4.69) is 10.6 Å². The minimum absolute atomic E-state index is 0.0760. The number of carbonyl (C=O) groups is 3. The molecule has 1 saturated heterocycles. The number of anilines is 1. The van der Waals surface area contributed by atoms with Crippen LogP contribution in [0.15, 0.2) is 48.5 Å². The maximum absolute atomic E-state index is 13.0. The van der Waals surface area contributed by atoms with Gasteiger partial charge in [-0.05, 0) is 62.1 Å². The first-order valence-corrected chi connectivity index (χ1v) is 11.6. The fraction of sp³-hybridized carbons (Fsp3) is 0.400. The molecule has 4 rings (SSSR count). The summed E-state index contributed by atoms with van der Waals surface area (Å²) >= 11 is 6.08. The lowest BCUT2D eigenvalue weighted by Crippen LogP contribution is -2.47. The molecular formula is C25H28ClN3O3. The van der Waals surface area contributed by atoms with Gasteiger partial charge in [-0.25, -0.2) is 0 Å². The predicted molar refractivity (Wildman–Crippen MR) is 125 cm³/mol. The van der Waals surface area contributed by atoms with Crippen molar-refractivity contribution in [2.45, 2.75) is 44.6 Å². The molecule has 2 fully saturated rings. The maximum atomic E-state index is 13.0. The van der Waals surface area contributed by atoms with Gasteiger partial charge in [0.1, 0.15) is 0 Å². The summed E-state index contributed by atoms with van der Waals surface area (Å²) in [6, 6.07) is 13.9. The second kappa shape index (κ2) is 10.2. The third-order valence-electron chi connectivity index (χ3n) is 6.29.